The quantitative estimate of drug-likeness (QED) is 0.148. The summed E-state index contributed by atoms with van der Waals surface area (Å²) in [7, 11) is 0. The Morgan fingerprint density at radius 1 is 0.947 bits per heavy atom. The second-order valence-electron chi connectivity index (χ2n) is 16.8. The number of rotatable bonds is 6. The van der Waals surface area contributed by atoms with E-state index in [-0.39, 0.29) is 30.3 Å². The van der Waals surface area contributed by atoms with Crippen molar-refractivity contribution in [2.24, 2.45) is 5.92 Å². The Bertz CT molecular complexity index is 2360. The standard InChI is InChI=1S/C43H49N7O7/c1-43(2,3)57-42(53)49-15-5-7-33(49)39-45-23-30(47-39)25-8-11-28-34-19-27-18-24(29-22-44-38(46-29)32-6-4-14-48(32)41(51)52)9-12-31(27)50(34)40(56-36(28)20-25)26-10-13-35-37(21-26)55-17-16-54-35/h9,12-13,18-23,26,32-33,40-41,51-52H,4-8,10-11,14-17H2,1-3H3,(H,44,46)(H,45,47). The van der Waals surface area contributed by atoms with Crippen LogP contribution in [0.3, 0.4) is 0 Å². The molecule has 7 heterocycles. The van der Waals surface area contributed by atoms with Crippen LogP contribution in [0.15, 0.2) is 72.2 Å². The van der Waals surface area contributed by atoms with E-state index in [1.54, 1.807) is 9.80 Å². The summed E-state index contributed by atoms with van der Waals surface area (Å²) in [6.07, 6.45) is 13.7. The zero-order chi connectivity index (χ0) is 39.0. The van der Waals surface area contributed by atoms with Gasteiger partial charge in [0.25, 0.3) is 0 Å². The zero-order valence-electron chi connectivity index (χ0n) is 32.5. The molecule has 3 saturated heterocycles. The van der Waals surface area contributed by atoms with Crippen molar-refractivity contribution in [3.63, 3.8) is 0 Å². The Balaban J connectivity index is 0.990. The molecule has 14 heteroatoms. The zero-order valence-corrected chi connectivity index (χ0v) is 32.5. The molecule has 14 nitrogen and oxygen atoms in total. The van der Waals surface area contributed by atoms with Crippen LogP contribution in [0.1, 0.15) is 107 Å². The van der Waals surface area contributed by atoms with Crippen LogP contribution in [0.2, 0.25) is 0 Å². The minimum Gasteiger partial charge on any atom is -0.486 e. The van der Waals surface area contributed by atoms with Crippen molar-refractivity contribution < 1.29 is 34.0 Å². The summed E-state index contributed by atoms with van der Waals surface area (Å²) in [5, 5.41) is 20.9. The number of amides is 1. The fourth-order valence-corrected chi connectivity index (χ4v) is 9.35. The number of carbonyl (C=O) groups is 1. The van der Waals surface area contributed by atoms with Crippen molar-refractivity contribution >= 4 is 28.1 Å². The maximum absolute atomic E-state index is 13.1. The maximum atomic E-state index is 13.1. The number of allylic oxidation sites excluding steroid dienone is 4. The topological polar surface area (TPSA) is 163 Å². The number of nitrogens with zero attached hydrogens (tertiary/aromatic N) is 5. The first kappa shape index (κ1) is 36.1. The van der Waals surface area contributed by atoms with Crippen molar-refractivity contribution in [3.05, 3.63) is 95.2 Å². The summed E-state index contributed by atoms with van der Waals surface area (Å²) < 4.78 is 27.1. The second kappa shape index (κ2) is 14.0. The molecule has 4 aliphatic heterocycles. The lowest BCUT2D eigenvalue weighted by Gasteiger charge is -2.37. The van der Waals surface area contributed by atoms with Gasteiger partial charge >= 0.3 is 6.09 Å². The largest absolute Gasteiger partial charge is 0.486 e. The van der Waals surface area contributed by atoms with Gasteiger partial charge in [-0.15, -0.1) is 0 Å². The van der Waals surface area contributed by atoms with Crippen LogP contribution in [0.25, 0.3) is 33.3 Å². The van der Waals surface area contributed by atoms with Crippen molar-refractivity contribution in [1.29, 1.82) is 0 Å². The van der Waals surface area contributed by atoms with E-state index in [4.69, 9.17) is 23.9 Å². The van der Waals surface area contributed by atoms with Crippen molar-refractivity contribution in [1.82, 2.24) is 34.3 Å². The highest BCUT2D eigenvalue weighted by Crippen LogP contribution is 2.48. The van der Waals surface area contributed by atoms with Gasteiger partial charge in [0, 0.05) is 35.5 Å². The molecular formula is C43H49N7O7. The minimum absolute atomic E-state index is 0.0151. The second-order valence-corrected chi connectivity index (χ2v) is 16.8. The third-order valence-corrected chi connectivity index (χ3v) is 12.0. The molecule has 4 atom stereocenters. The normalized spacial score (nSPS) is 24.9. The van der Waals surface area contributed by atoms with E-state index in [1.807, 2.05) is 33.2 Å². The Hall–Kier alpha value is -5.31. The summed E-state index contributed by atoms with van der Waals surface area (Å²) in [5.41, 5.74) is 6.70. The lowest BCUT2D eigenvalue weighted by molar-refractivity contribution is -0.161. The SMILES string of the molecule is CC(C)(C)OC(=O)N1CCCC1c1ncc(C2=CC3=C(CC2)c2cc4cc(-c5cnc(C6CCCN6C(O)O)[nH]5)ccc4n2C(C2C=C4OCCOC4=CC2)O3)[nH]1. The number of ether oxygens (including phenoxy) is 4. The Morgan fingerprint density at radius 2 is 1.70 bits per heavy atom. The van der Waals surface area contributed by atoms with E-state index in [0.29, 0.717) is 26.3 Å². The van der Waals surface area contributed by atoms with Gasteiger partial charge in [-0.05, 0) is 108 Å². The number of fused-ring (bicyclic) bond motifs is 5. The van der Waals surface area contributed by atoms with Crippen molar-refractivity contribution in [2.45, 2.75) is 96.0 Å². The van der Waals surface area contributed by atoms with Crippen LogP contribution < -0.4 is 0 Å². The summed E-state index contributed by atoms with van der Waals surface area (Å²) in [5.74, 6) is 3.91. The Morgan fingerprint density at radius 3 is 2.53 bits per heavy atom. The summed E-state index contributed by atoms with van der Waals surface area (Å²) in [4.78, 5) is 33.0. The van der Waals surface area contributed by atoms with Gasteiger partial charge in [-0.1, -0.05) is 6.07 Å². The molecule has 1 amide bonds. The third-order valence-electron chi connectivity index (χ3n) is 12.0. The minimum atomic E-state index is -1.51. The molecule has 6 aliphatic rings. The molecule has 0 radical (unpaired) electrons. The van der Waals surface area contributed by atoms with Gasteiger partial charge in [-0.3, -0.25) is 4.90 Å². The average Bonchev–Trinajstić information content (AvgIpc) is 4.05. The van der Waals surface area contributed by atoms with Gasteiger partial charge in [-0.2, -0.15) is 0 Å². The highest BCUT2D eigenvalue weighted by Gasteiger charge is 2.39. The molecule has 3 aromatic heterocycles. The highest BCUT2D eigenvalue weighted by atomic mass is 16.6. The van der Waals surface area contributed by atoms with Crippen LogP contribution >= 0.6 is 0 Å². The molecule has 298 valence electrons. The van der Waals surface area contributed by atoms with E-state index in [2.05, 4.69) is 62.0 Å². The number of H-pyrrole nitrogens is 2. The number of imidazole rings is 2. The molecule has 0 spiro atoms. The molecule has 4 unspecified atom stereocenters. The monoisotopic (exact) mass is 775 g/mol. The van der Waals surface area contributed by atoms with Gasteiger partial charge < -0.3 is 43.7 Å². The lowest BCUT2D eigenvalue weighted by Crippen LogP contribution is -2.36. The van der Waals surface area contributed by atoms with Crippen LogP contribution in [0.5, 0.6) is 0 Å². The van der Waals surface area contributed by atoms with Gasteiger partial charge in [-0.25, -0.2) is 19.7 Å². The highest BCUT2D eigenvalue weighted by molar-refractivity contribution is 5.91. The Kier molecular flexibility index (Phi) is 8.83. The summed E-state index contributed by atoms with van der Waals surface area (Å²) in [6.45, 7) is 7.98. The van der Waals surface area contributed by atoms with Crippen LogP contribution in [-0.2, 0) is 18.9 Å². The van der Waals surface area contributed by atoms with Gasteiger partial charge in [0.05, 0.1) is 47.1 Å². The molecule has 0 saturated carbocycles. The molecule has 4 aromatic rings. The van der Waals surface area contributed by atoms with Gasteiger partial charge in [0.1, 0.15) is 36.2 Å². The predicted octanol–water partition coefficient (Wildman–Crippen LogP) is 7.18. The first-order valence-corrected chi connectivity index (χ1v) is 20.2. The number of likely N-dealkylation sites (tertiary alicyclic amines) is 2. The number of aromatic nitrogens is 5. The van der Waals surface area contributed by atoms with Crippen molar-refractivity contribution in [3.8, 4) is 11.3 Å². The van der Waals surface area contributed by atoms with Gasteiger partial charge in [0.2, 0.25) is 6.41 Å². The number of aliphatic hydroxyl groups excluding tert-OH is 1. The number of nitrogens with one attached hydrogen (secondary N) is 2. The van der Waals surface area contributed by atoms with Crippen LogP contribution in [0, 0.1) is 5.92 Å². The van der Waals surface area contributed by atoms with Crippen LogP contribution in [-0.4, -0.2) is 88.9 Å². The molecule has 2 aliphatic carbocycles. The van der Waals surface area contributed by atoms with E-state index in [1.165, 1.54) is 0 Å². The average molecular weight is 776 g/mol. The maximum Gasteiger partial charge on any atom is 0.410 e. The van der Waals surface area contributed by atoms with Crippen molar-refractivity contribution in [2.75, 3.05) is 26.3 Å². The number of hydrogen-bond acceptors (Lipinski definition) is 10. The number of aromatic amines is 2. The fourth-order valence-electron chi connectivity index (χ4n) is 9.35. The number of benzene rings is 1. The molecular weight excluding hydrogens is 727 g/mol. The Labute approximate surface area is 330 Å². The van der Waals surface area contributed by atoms with E-state index in [9.17, 15) is 15.0 Å². The fraction of sp³-hybridized carbons (Fsp3) is 0.465. The van der Waals surface area contributed by atoms with E-state index < -0.39 is 12.0 Å². The lowest BCUT2D eigenvalue weighted by atomic mass is 9.90. The molecule has 0 bridgehead atoms. The predicted molar refractivity (Wildman–Crippen MR) is 210 cm³/mol. The number of carbonyl (C=O) groups excluding carboxylic acids is 1. The molecule has 10 rings (SSSR count). The third kappa shape index (κ3) is 6.53. The van der Waals surface area contributed by atoms with E-state index >= 15 is 0 Å². The summed E-state index contributed by atoms with van der Waals surface area (Å²) >= 11 is 0. The first-order valence-electron chi connectivity index (χ1n) is 20.2. The molecule has 3 fully saturated rings. The van der Waals surface area contributed by atoms with Gasteiger partial charge in [0.15, 0.2) is 17.7 Å². The molecule has 57 heavy (non-hydrogen) atoms. The summed E-state index contributed by atoms with van der Waals surface area (Å²) in [6, 6.07) is 8.41. The molecule has 1 aromatic carbocycles. The van der Waals surface area contributed by atoms with E-state index in [0.717, 1.165) is 119 Å². The number of aliphatic hydroxyl groups is 2. The first-order chi connectivity index (χ1) is 27.6. The van der Waals surface area contributed by atoms with Crippen LogP contribution in [0.4, 0.5) is 4.79 Å². The number of hydrogen-bond donors (Lipinski definition) is 4. The molecule has 4 N–H and O–H groups in total. The smallest absolute Gasteiger partial charge is 0.410 e.